The van der Waals surface area contributed by atoms with Crippen LogP contribution in [-0.2, 0) is 11.0 Å². The lowest BCUT2D eigenvalue weighted by Crippen LogP contribution is -2.11. The van der Waals surface area contributed by atoms with Crippen LogP contribution in [0.1, 0.15) is 11.1 Å². The monoisotopic (exact) mass is 329 g/mol. The van der Waals surface area contributed by atoms with Gasteiger partial charge in [-0.3, -0.25) is 4.79 Å². The fourth-order valence-electron chi connectivity index (χ4n) is 1.56. The van der Waals surface area contributed by atoms with Crippen molar-refractivity contribution >= 4 is 17.5 Å². The predicted molar refractivity (Wildman–Crippen MR) is 73.4 cm³/mol. The molecule has 2 rings (SSSR count). The maximum absolute atomic E-state index is 12.5. The first-order valence-corrected chi connectivity index (χ1v) is 6.28. The summed E-state index contributed by atoms with van der Waals surface area (Å²) in [6.45, 7) is 0. The first kappa shape index (κ1) is 16.1. The van der Waals surface area contributed by atoms with Gasteiger partial charge in [-0.15, -0.1) is 0 Å². The van der Waals surface area contributed by atoms with Crippen molar-refractivity contribution in [3.05, 3.63) is 59.1 Å². The number of benzene rings is 1. The smallest absolute Gasteiger partial charge is 0.417 e. The van der Waals surface area contributed by atoms with Crippen molar-refractivity contribution in [2.45, 2.75) is 6.18 Å². The Kier molecular flexibility index (Phi) is 4.56. The SMILES string of the molecule is NC(=O)[CH]c1ccc(Oc2ncc(C(F)(F)F)cc2Cl)cc1. The third kappa shape index (κ3) is 4.11. The second-order valence-corrected chi connectivity index (χ2v) is 4.63. The lowest BCUT2D eigenvalue weighted by atomic mass is 10.1. The zero-order valence-corrected chi connectivity index (χ0v) is 11.7. The number of nitrogens with two attached hydrogens (primary N) is 1. The molecule has 1 aromatic carbocycles. The number of nitrogens with zero attached hydrogens (tertiary/aromatic N) is 1. The number of ether oxygens (including phenoxy) is 1. The number of hydrogen-bond donors (Lipinski definition) is 1. The standard InChI is InChI=1S/C14H9ClF3N2O2/c15-11-6-9(14(16,17)18)7-20-13(11)22-10-3-1-8(2-4-10)5-12(19)21/h1-7H,(H2,19,21). The van der Waals surface area contributed by atoms with Crippen molar-refractivity contribution in [2.75, 3.05) is 0 Å². The Morgan fingerprint density at radius 2 is 1.91 bits per heavy atom. The van der Waals surface area contributed by atoms with Gasteiger partial charge in [0.1, 0.15) is 10.8 Å². The topological polar surface area (TPSA) is 65.2 Å². The lowest BCUT2D eigenvalue weighted by Gasteiger charge is -2.10. The largest absolute Gasteiger partial charge is 0.438 e. The van der Waals surface area contributed by atoms with E-state index in [-0.39, 0.29) is 10.9 Å². The van der Waals surface area contributed by atoms with Crippen LogP contribution in [0.4, 0.5) is 13.2 Å². The molecule has 1 radical (unpaired) electrons. The van der Waals surface area contributed by atoms with Gasteiger partial charge in [-0.1, -0.05) is 23.7 Å². The number of carbonyl (C=O) groups excluding carboxylic acids is 1. The maximum atomic E-state index is 12.5. The van der Waals surface area contributed by atoms with E-state index >= 15 is 0 Å². The molecule has 0 aliphatic rings. The van der Waals surface area contributed by atoms with Crippen LogP contribution in [0.5, 0.6) is 11.6 Å². The summed E-state index contributed by atoms with van der Waals surface area (Å²) in [5.74, 6) is -0.446. The molecule has 22 heavy (non-hydrogen) atoms. The summed E-state index contributed by atoms with van der Waals surface area (Å²) < 4.78 is 42.8. The zero-order chi connectivity index (χ0) is 16.3. The molecule has 0 bridgehead atoms. The molecule has 0 atom stereocenters. The molecule has 115 valence electrons. The number of aromatic nitrogens is 1. The van der Waals surface area contributed by atoms with Crippen LogP contribution in [0, 0.1) is 6.42 Å². The number of halogens is 4. The molecule has 0 saturated carbocycles. The lowest BCUT2D eigenvalue weighted by molar-refractivity contribution is -0.137. The van der Waals surface area contributed by atoms with Crippen molar-refractivity contribution in [1.29, 1.82) is 0 Å². The molecular weight excluding hydrogens is 321 g/mol. The fourth-order valence-corrected chi connectivity index (χ4v) is 1.77. The minimum atomic E-state index is -4.53. The van der Waals surface area contributed by atoms with Gasteiger partial charge in [-0.25, -0.2) is 4.98 Å². The summed E-state index contributed by atoms with van der Waals surface area (Å²) in [5.41, 5.74) is 4.61. The van der Waals surface area contributed by atoms with E-state index in [0.29, 0.717) is 17.5 Å². The van der Waals surface area contributed by atoms with Crippen molar-refractivity contribution < 1.29 is 22.7 Å². The van der Waals surface area contributed by atoms with Crippen LogP contribution in [0.25, 0.3) is 0 Å². The Labute approximate surface area is 128 Å². The Balaban J connectivity index is 2.15. The molecule has 0 saturated heterocycles. The number of alkyl halides is 3. The van der Waals surface area contributed by atoms with Gasteiger partial charge in [-0.2, -0.15) is 13.2 Å². The van der Waals surface area contributed by atoms with Crippen molar-refractivity contribution in [1.82, 2.24) is 4.98 Å². The highest BCUT2D eigenvalue weighted by Crippen LogP contribution is 2.34. The van der Waals surface area contributed by atoms with Gasteiger partial charge in [0.15, 0.2) is 0 Å². The van der Waals surface area contributed by atoms with Gasteiger partial charge in [-0.05, 0) is 23.8 Å². The van der Waals surface area contributed by atoms with E-state index in [9.17, 15) is 18.0 Å². The van der Waals surface area contributed by atoms with Gasteiger partial charge >= 0.3 is 6.18 Å². The molecular formula is C14H9ClF3N2O2. The molecule has 0 unspecified atom stereocenters. The second kappa shape index (κ2) is 6.23. The van der Waals surface area contributed by atoms with E-state index in [1.807, 2.05) is 0 Å². The summed E-state index contributed by atoms with van der Waals surface area (Å²) in [7, 11) is 0. The highest BCUT2D eigenvalue weighted by atomic mass is 35.5. The quantitative estimate of drug-likeness (QED) is 0.932. The Bertz CT molecular complexity index is 687. The minimum absolute atomic E-state index is 0.152. The fraction of sp³-hybridized carbons (Fsp3) is 0.0714. The highest BCUT2D eigenvalue weighted by Gasteiger charge is 2.31. The van der Waals surface area contributed by atoms with E-state index in [0.717, 1.165) is 6.07 Å². The molecule has 0 aliphatic carbocycles. The number of amides is 1. The Morgan fingerprint density at radius 3 is 2.41 bits per heavy atom. The molecule has 1 aromatic heterocycles. The molecule has 1 amide bonds. The zero-order valence-electron chi connectivity index (χ0n) is 10.9. The molecule has 0 spiro atoms. The van der Waals surface area contributed by atoms with Crippen molar-refractivity contribution in [3.8, 4) is 11.6 Å². The highest BCUT2D eigenvalue weighted by molar-refractivity contribution is 6.31. The van der Waals surface area contributed by atoms with Crippen molar-refractivity contribution in [2.24, 2.45) is 5.73 Å². The van der Waals surface area contributed by atoms with Crippen LogP contribution in [0.2, 0.25) is 5.02 Å². The normalized spacial score (nSPS) is 11.3. The van der Waals surface area contributed by atoms with Crippen LogP contribution in [0.3, 0.4) is 0 Å². The van der Waals surface area contributed by atoms with Crippen LogP contribution in [-0.4, -0.2) is 10.9 Å². The first-order chi connectivity index (χ1) is 10.3. The third-order valence-corrected chi connectivity index (χ3v) is 2.81. The molecule has 2 N–H and O–H groups in total. The van der Waals surface area contributed by atoms with Gasteiger partial charge in [0, 0.05) is 6.20 Å². The Hall–Kier alpha value is -2.28. The number of carbonyl (C=O) groups is 1. The molecule has 4 nitrogen and oxygen atoms in total. The third-order valence-electron chi connectivity index (χ3n) is 2.54. The number of primary amides is 1. The number of hydrogen-bond acceptors (Lipinski definition) is 3. The number of pyridine rings is 1. The molecule has 2 aromatic rings. The molecule has 0 fully saturated rings. The van der Waals surface area contributed by atoms with E-state index < -0.39 is 17.6 Å². The van der Waals surface area contributed by atoms with E-state index in [2.05, 4.69) is 4.98 Å². The molecule has 1 heterocycles. The van der Waals surface area contributed by atoms with E-state index in [1.165, 1.54) is 18.6 Å². The van der Waals surface area contributed by atoms with Gasteiger partial charge in [0.2, 0.25) is 11.8 Å². The average Bonchev–Trinajstić information content (AvgIpc) is 2.41. The number of rotatable bonds is 4. The van der Waals surface area contributed by atoms with Crippen LogP contribution >= 0.6 is 11.6 Å². The van der Waals surface area contributed by atoms with Crippen molar-refractivity contribution in [3.63, 3.8) is 0 Å². The van der Waals surface area contributed by atoms with Crippen LogP contribution < -0.4 is 10.5 Å². The van der Waals surface area contributed by atoms with Gasteiger partial charge < -0.3 is 10.5 Å². The summed E-state index contributed by atoms with van der Waals surface area (Å²) in [6.07, 6.45) is -2.68. The van der Waals surface area contributed by atoms with E-state index in [4.69, 9.17) is 22.1 Å². The summed E-state index contributed by atoms with van der Waals surface area (Å²) >= 11 is 5.73. The summed E-state index contributed by atoms with van der Waals surface area (Å²) in [5, 5.41) is -0.261. The van der Waals surface area contributed by atoms with Crippen LogP contribution in [0.15, 0.2) is 36.5 Å². The predicted octanol–water partition coefficient (Wildman–Crippen LogP) is 3.58. The first-order valence-electron chi connectivity index (χ1n) is 5.90. The molecule has 8 heteroatoms. The molecule has 0 aliphatic heterocycles. The van der Waals surface area contributed by atoms with Gasteiger partial charge in [0.25, 0.3) is 0 Å². The summed E-state index contributed by atoms with van der Waals surface area (Å²) in [6, 6.07) is 6.85. The van der Waals surface area contributed by atoms with E-state index in [1.54, 1.807) is 12.1 Å². The summed E-state index contributed by atoms with van der Waals surface area (Å²) in [4.78, 5) is 14.3. The Morgan fingerprint density at radius 1 is 1.27 bits per heavy atom. The average molecular weight is 330 g/mol. The van der Waals surface area contributed by atoms with Gasteiger partial charge in [0.05, 0.1) is 12.0 Å². The second-order valence-electron chi connectivity index (χ2n) is 4.23. The minimum Gasteiger partial charge on any atom is -0.438 e. The maximum Gasteiger partial charge on any atom is 0.417 e.